The predicted molar refractivity (Wildman–Crippen MR) is 57.0 cm³/mol. The van der Waals surface area contributed by atoms with Gasteiger partial charge in [0.05, 0.1) is 0 Å². The maximum absolute atomic E-state index is 11.0. The van der Waals surface area contributed by atoms with E-state index in [1.165, 1.54) is 19.3 Å². The summed E-state index contributed by atoms with van der Waals surface area (Å²) in [5.74, 6) is 0.800. The second kappa shape index (κ2) is 6.05. The van der Waals surface area contributed by atoms with Crippen LogP contribution in [0.5, 0.6) is 0 Å². The largest absolute Gasteiger partial charge is 0.462 e. The van der Waals surface area contributed by atoms with Crippen LogP contribution >= 0.6 is 0 Å². The molecule has 0 amide bonds. The summed E-state index contributed by atoms with van der Waals surface area (Å²) in [4.78, 5) is 11.0. The van der Waals surface area contributed by atoms with Gasteiger partial charge in [-0.2, -0.15) is 0 Å². The van der Waals surface area contributed by atoms with Crippen molar-refractivity contribution in [2.24, 2.45) is 5.92 Å². The Morgan fingerprint density at radius 2 is 2.21 bits per heavy atom. The highest BCUT2D eigenvalue weighted by atomic mass is 16.5. The third-order valence-electron chi connectivity index (χ3n) is 2.76. The van der Waals surface area contributed by atoms with Gasteiger partial charge < -0.3 is 4.74 Å². The van der Waals surface area contributed by atoms with Gasteiger partial charge in [-0.25, -0.2) is 0 Å². The summed E-state index contributed by atoms with van der Waals surface area (Å²) >= 11 is 0. The highest BCUT2D eigenvalue weighted by molar-refractivity contribution is 5.70. The lowest BCUT2D eigenvalue weighted by Crippen LogP contribution is -2.23. The van der Waals surface area contributed by atoms with E-state index in [0.717, 1.165) is 25.2 Å². The van der Waals surface area contributed by atoms with Gasteiger partial charge in [0, 0.05) is 6.42 Å². The molecule has 2 nitrogen and oxygen atoms in total. The SMILES string of the molecule is CC(C)CCCC[C@H]1CCCC(=O)O1. The van der Waals surface area contributed by atoms with Crippen LogP contribution in [0.3, 0.4) is 0 Å². The topological polar surface area (TPSA) is 26.3 Å². The molecule has 1 saturated heterocycles. The Balaban J connectivity index is 2.03. The van der Waals surface area contributed by atoms with Crippen molar-refractivity contribution < 1.29 is 9.53 Å². The minimum absolute atomic E-state index is 0.00473. The fourth-order valence-electron chi connectivity index (χ4n) is 1.91. The van der Waals surface area contributed by atoms with Gasteiger partial charge in [-0.15, -0.1) is 0 Å². The van der Waals surface area contributed by atoms with E-state index in [1.807, 2.05) is 0 Å². The first-order valence-corrected chi connectivity index (χ1v) is 5.88. The Kier molecular flexibility index (Phi) is 4.99. The Morgan fingerprint density at radius 3 is 2.86 bits per heavy atom. The molecule has 0 unspecified atom stereocenters. The van der Waals surface area contributed by atoms with Crippen LogP contribution in [0.1, 0.15) is 58.8 Å². The fourth-order valence-corrected chi connectivity index (χ4v) is 1.91. The van der Waals surface area contributed by atoms with Crippen LogP contribution in [-0.4, -0.2) is 12.1 Å². The summed E-state index contributed by atoms with van der Waals surface area (Å²) in [6.45, 7) is 4.50. The summed E-state index contributed by atoms with van der Waals surface area (Å²) in [6.07, 6.45) is 7.79. The molecule has 1 rings (SSSR count). The van der Waals surface area contributed by atoms with Crippen molar-refractivity contribution in [2.75, 3.05) is 0 Å². The Labute approximate surface area is 87.0 Å². The second-order valence-electron chi connectivity index (χ2n) is 4.68. The molecule has 0 bridgehead atoms. The summed E-state index contributed by atoms with van der Waals surface area (Å²) in [6, 6.07) is 0. The molecule has 0 aromatic heterocycles. The number of carbonyl (C=O) groups is 1. The number of hydrogen-bond donors (Lipinski definition) is 0. The number of cyclic esters (lactones) is 1. The smallest absolute Gasteiger partial charge is 0.306 e. The second-order valence-corrected chi connectivity index (χ2v) is 4.68. The van der Waals surface area contributed by atoms with Crippen LogP contribution in [0.25, 0.3) is 0 Å². The third-order valence-corrected chi connectivity index (χ3v) is 2.76. The van der Waals surface area contributed by atoms with Gasteiger partial charge in [-0.05, 0) is 31.6 Å². The van der Waals surface area contributed by atoms with Gasteiger partial charge in [0.25, 0.3) is 0 Å². The molecular weight excluding hydrogens is 176 g/mol. The van der Waals surface area contributed by atoms with Crippen molar-refractivity contribution in [3.05, 3.63) is 0 Å². The molecule has 0 aromatic carbocycles. The van der Waals surface area contributed by atoms with Crippen molar-refractivity contribution in [2.45, 2.75) is 64.9 Å². The van der Waals surface area contributed by atoms with Gasteiger partial charge in [-0.3, -0.25) is 4.79 Å². The normalized spacial score (nSPS) is 22.5. The molecule has 1 aliphatic rings. The maximum atomic E-state index is 11.0. The Morgan fingerprint density at radius 1 is 1.43 bits per heavy atom. The molecule has 0 radical (unpaired) electrons. The number of rotatable bonds is 5. The molecule has 0 spiro atoms. The predicted octanol–water partition coefficient (Wildman–Crippen LogP) is 3.30. The minimum Gasteiger partial charge on any atom is -0.462 e. The first kappa shape index (κ1) is 11.5. The van der Waals surface area contributed by atoms with E-state index in [1.54, 1.807) is 0 Å². The van der Waals surface area contributed by atoms with Crippen molar-refractivity contribution >= 4 is 5.97 Å². The maximum Gasteiger partial charge on any atom is 0.306 e. The Bertz CT molecular complexity index is 175. The Hall–Kier alpha value is -0.530. The third kappa shape index (κ3) is 4.64. The first-order chi connectivity index (χ1) is 6.68. The van der Waals surface area contributed by atoms with E-state index in [9.17, 15) is 4.79 Å². The molecule has 0 N–H and O–H groups in total. The molecule has 1 aliphatic heterocycles. The lowest BCUT2D eigenvalue weighted by molar-refractivity contribution is -0.154. The van der Waals surface area contributed by atoms with Gasteiger partial charge in [0.15, 0.2) is 0 Å². The highest BCUT2D eigenvalue weighted by Crippen LogP contribution is 2.19. The number of unbranched alkanes of at least 4 members (excludes halogenated alkanes) is 1. The summed E-state index contributed by atoms with van der Waals surface area (Å²) in [7, 11) is 0. The molecule has 0 saturated carbocycles. The van der Waals surface area contributed by atoms with Crippen molar-refractivity contribution in [1.82, 2.24) is 0 Å². The van der Waals surface area contributed by atoms with Crippen LogP contribution in [0.2, 0.25) is 0 Å². The van der Waals surface area contributed by atoms with E-state index < -0.39 is 0 Å². The van der Waals surface area contributed by atoms with Crippen LogP contribution in [0.4, 0.5) is 0 Å². The number of ether oxygens (including phenoxy) is 1. The average molecular weight is 198 g/mol. The molecule has 1 atom stereocenters. The van der Waals surface area contributed by atoms with Gasteiger partial charge in [-0.1, -0.05) is 26.7 Å². The van der Waals surface area contributed by atoms with E-state index in [4.69, 9.17) is 4.74 Å². The van der Waals surface area contributed by atoms with Crippen LogP contribution in [-0.2, 0) is 9.53 Å². The molecule has 0 aromatic rings. The van der Waals surface area contributed by atoms with E-state index in [-0.39, 0.29) is 12.1 Å². The number of hydrogen-bond acceptors (Lipinski definition) is 2. The van der Waals surface area contributed by atoms with Gasteiger partial charge in [0.2, 0.25) is 0 Å². The fraction of sp³-hybridized carbons (Fsp3) is 0.917. The average Bonchev–Trinajstić information content (AvgIpc) is 2.12. The monoisotopic (exact) mass is 198 g/mol. The van der Waals surface area contributed by atoms with E-state index >= 15 is 0 Å². The lowest BCUT2D eigenvalue weighted by atomic mass is 10.00. The molecule has 0 aliphatic carbocycles. The summed E-state index contributed by atoms with van der Waals surface area (Å²) < 4.78 is 5.25. The van der Waals surface area contributed by atoms with Crippen LogP contribution in [0, 0.1) is 5.92 Å². The quantitative estimate of drug-likeness (QED) is 0.500. The molecule has 2 heteroatoms. The summed E-state index contributed by atoms with van der Waals surface area (Å²) in [5.41, 5.74) is 0. The zero-order valence-corrected chi connectivity index (χ0v) is 9.42. The molecule has 82 valence electrons. The summed E-state index contributed by atoms with van der Waals surface area (Å²) in [5, 5.41) is 0. The lowest BCUT2D eigenvalue weighted by Gasteiger charge is -2.22. The zero-order chi connectivity index (χ0) is 10.4. The van der Waals surface area contributed by atoms with Gasteiger partial charge >= 0.3 is 5.97 Å². The molecule has 1 heterocycles. The standard InChI is InChI=1S/C12H22O2/c1-10(2)6-3-4-7-11-8-5-9-12(13)14-11/h10-11H,3-9H2,1-2H3/t11-/m0/s1. The molecule has 14 heavy (non-hydrogen) atoms. The zero-order valence-electron chi connectivity index (χ0n) is 9.42. The highest BCUT2D eigenvalue weighted by Gasteiger charge is 2.19. The van der Waals surface area contributed by atoms with Crippen LogP contribution in [0.15, 0.2) is 0 Å². The van der Waals surface area contributed by atoms with E-state index in [2.05, 4.69) is 13.8 Å². The molecular formula is C12H22O2. The van der Waals surface area contributed by atoms with Crippen molar-refractivity contribution in [1.29, 1.82) is 0 Å². The van der Waals surface area contributed by atoms with Crippen LogP contribution < -0.4 is 0 Å². The number of esters is 1. The van der Waals surface area contributed by atoms with Crippen molar-refractivity contribution in [3.8, 4) is 0 Å². The van der Waals surface area contributed by atoms with Gasteiger partial charge in [0.1, 0.15) is 6.10 Å². The van der Waals surface area contributed by atoms with Crippen molar-refractivity contribution in [3.63, 3.8) is 0 Å². The minimum atomic E-state index is 0.00473. The molecule has 1 fully saturated rings. The van der Waals surface area contributed by atoms with E-state index in [0.29, 0.717) is 6.42 Å². The first-order valence-electron chi connectivity index (χ1n) is 5.88. The number of carbonyl (C=O) groups excluding carboxylic acids is 1.